The van der Waals surface area contributed by atoms with E-state index < -0.39 is 5.69 Å². The number of anilines is 2. The van der Waals surface area contributed by atoms with Crippen LogP contribution in [0.3, 0.4) is 0 Å². The van der Waals surface area contributed by atoms with Crippen molar-refractivity contribution in [2.24, 2.45) is 0 Å². The molecule has 27 heavy (non-hydrogen) atoms. The number of aromatic amines is 2. The molecule has 0 bridgehead atoms. The third kappa shape index (κ3) is 2.52. The number of aromatic nitrogens is 2. The number of hydrogen-bond donors (Lipinski definition) is 3. The molecule has 0 fully saturated rings. The van der Waals surface area contributed by atoms with Gasteiger partial charge in [0.2, 0.25) is 0 Å². The summed E-state index contributed by atoms with van der Waals surface area (Å²) in [5, 5.41) is 5.43. The second-order valence-electron chi connectivity index (χ2n) is 6.56. The zero-order chi connectivity index (χ0) is 18.5. The monoisotopic (exact) mass is 419 g/mol. The zero-order valence-corrected chi connectivity index (χ0v) is 15.6. The van der Waals surface area contributed by atoms with Crippen molar-refractivity contribution >= 4 is 38.2 Å². The van der Waals surface area contributed by atoms with Gasteiger partial charge in [-0.2, -0.15) is 0 Å². The fraction of sp³-hybridized carbons (Fsp3) is 0.0476. The van der Waals surface area contributed by atoms with E-state index in [-0.39, 0.29) is 11.5 Å². The molecule has 5 nitrogen and oxygen atoms in total. The lowest BCUT2D eigenvalue weighted by Crippen LogP contribution is -2.31. The second-order valence-corrected chi connectivity index (χ2v) is 7.48. The molecule has 0 saturated heterocycles. The van der Waals surface area contributed by atoms with Crippen LogP contribution in [0.15, 0.2) is 74.7 Å². The highest BCUT2D eigenvalue weighted by molar-refractivity contribution is 9.10. The summed E-state index contributed by atoms with van der Waals surface area (Å²) in [5.74, 6) is 0.150. The minimum atomic E-state index is -0.525. The molecule has 1 aromatic heterocycles. The summed E-state index contributed by atoms with van der Waals surface area (Å²) in [7, 11) is 0. The summed E-state index contributed by atoms with van der Waals surface area (Å²) < 4.78 is 0.934. The van der Waals surface area contributed by atoms with Gasteiger partial charge in [-0.25, -0.2) is 4.79 Å². The van der Waals surface area contributed by atoms with Crippen LogP contribution in [0, 0.1) is 0 Å². The van der Waals surface area contributed by atoms with Crippen molar-refractivity contribution in [1.29, 1.82) is 0 Å². The lowest BCUT2D eigenvalue weighted by atomic mass is 9.81. The van der Waals surface area contributed by atoms with Crippen LogP contribution in [0.4, 0.5) is 11.5 Å². The predicted molar refractivity (Wildman–Crippen MR) is 110 cm³/mol. The third-order valence-corrected chi connectivity index (χ3v) is 5.47. The Morgan fingerprint density at radius 3 is 2.59 bits per heavy atom. The second kappa shape index (κ2) is 5.96. The molecular formula is C21H14BrN3O2. The molecule has 0 amide bonds. The summed E-state index contributed by atoms with van der Waals surface area (Å²) >= 11 is 3.52. The first-order valence-electron chi connectivity index (χ1n) is 8.52. The van der Waals surface area contributed by atoms with Gasteiger partial charge >= 0.3 is 5.69 Å². The predicted octanol–water partition coefficient (Wildman–Crippen LogP) is 4.22. The minimum absolute atomic E-state index is 0.293. The summed E-state index contributed by atoms with van der Waals surface area (Å²) in [6.07, 6.45) is 0. The van der Waals surface area contributed by atoms with Gasteiger partial charge in [0.25, 0.3) is 5.56 Å². The molecule has 132 valence electrons. The van der Waals surface area contributed by atoms with Crippen molar-refractivity contribution in [3.63, 3.8) is 0 Å². The van der Waals surface area contributed by atoms with Crippen LogP contribution in [-0.4, -0.2) is 9.97 Å². The largest absolute Gasteiger partial charge is 0.341 e. The maximum atomic E-state index is 12.7. The van der Waals surface area contributed by atoms with E-state index in [1.807, 2.05) is 54.6 Å². The molecule has 1 atom stereocenters. The van der Waals surface area contributed by atoms with E-state index in [9.17, 15) is 9.59 Å². The third-order valence-electron chi connectivity index (χ3n) is 4.97. The number of fused-ring (bicyclic) bond motifs is 4. The van der Waals surface area contributed by atoms with Crippen molar-refractivity contribution in [3.8, 4) is 0 Å². The Labute approximate surface area is 162 Å². The van der Waals surface area contributed by atoms with Crippen LogP contribution >= 0.6 is 15.9 Å². The molecule has 5 rings (SSSR count). The highest BCUT2D eigenvalue weighted by Crippen LogP contribution is 2.45. The molecule has 0 spiro atoms. The fourth-order valence-electron chi connectivity index (χ4n) is 3.85. The van der Waals surface area contributed by atoms with E-state index in [0.29, 0.717) is 11.4 Å². The number of hydrogen-bond acceptors (Lipinski definition) is 3. The Morgan fingerprint density at radius 2 is 1.74 bits per heavy atom. The Bertz CT molecular complexity index is 1320. The quantitative estimate of drug-likeness (QED) is 0.380. The Morgan fingerprint density at radius 1 is 0.889 bits per heavy atom. The molecule has 1 unspecified atom stereocenters. The first-order chi connectivity index (χ1) is 13.1. The number of nitrogens with one attached hydrogen (secondary N) is 3. The average Bonchev–Trinajstić information content (AvgIpc) is 2.66. The van der Waals surface area contributed by atoms with Gasteiger partial charge in [-0.05, 0) is 28.6 Å². The van der Waals surface area contributed by atoms with Crippen LogP contribution in [0.2, 0.25) is 0 Å². The van der Waals surface area contributed by atoms with Crippen LogP contribution < -0.4 is 16.6 Å². The van der Waals surface area contributed by atoms with Crippen LogP contribution in [0.25, 0.3) is 10.8 Å². The molecule has 2 heterocycles. The first kappa shape index (κ1) is 16.1. The van der Waals surface area contributed by atoms with Gasteiger partial charge in [-0.3, -0.25) is 14.8 Å². The number of benzene rings is 3. The molecule has 3 N–H and O–H groups in total. The highest BCUT2D eigenvalue weighted by Gasteiger charge is 2.31. The van der Waals surface area contributed by atoms with Crippen LogP contribution in [0.1, 0.15) is 22.6 Å². The minimum Gasteiger partial charge on any atom is -0.341 e. The maximum Gasteiger partial charge on any atom is 0.327 e. The van der Waals surface area contributed by atoms with E-state index in [1.54, 1.807) is 0 Å². The molecule has 1 aliphatic rings. The van der Waals surface area contributed by atoms with Gasteiger partial charge in [0.15, 0.2) is 0 Å². The number of rotatable bonds is 1. The Hall–Kier alpha value is -3.12. The van der Waals surface area contributed by atoms with Gasteiger partial charge < -0.3 is 5.32 Å². The van der Waals surface area contributed by atoms with E-state index in [4.69, 9.17) is 0 Å². The van der Waals surface area contributed by atoms with Crippen molar-refractivity contribution in [2.75, 3.05) is 5.32 Å². The Balaban J connectivity index is 1.89. The summed E-state index contributed by atoms with van der Waals surface area (Å²) in [6, 6.07) is 20.0. The van der Waals surface area contributed by atoms with Crippen LogP contribution in [0.5, 0.6) is 0 Å². The van der Waals surface area contributed by atoms with Gasteiger partial charge in [-0.1, -0.05) is 64.5 Å². The van der Waals surface area contributed by atoms with Gasteiger partial charge in [0.1, 0.15) is 5.82 Å². The average molecular weight is 420 g/mol. The molecule has 1 aliphatic heterocycles. The van der Waals surface area contributed by atoms with Gasteiger partial charge in [-0.15, -0.1) is 0 Å². The molecule has 0 aliphatic carbocycles. The van der Waals surface area contributed by atoms with Crippen molar-refractivity contribution in [1.82, 2.24) is 9.97 Å². The normalized spacial score (nSPS) is 15.1. The first-order valence-corrected chi connectivity index (χ1v) is 9.32. The number of H-pyrrole nitrogens is 2. The zero-order valence-electron chi connectivity index (χ0n) is 14.0. The summed E-state index contributed by atoms with van der Waals surface area (Å²) in [5.41, 5.74) is 2.48. The smallest absolute Gasteiger partial charge is 0.327 e. The SMILES string of the molecule is O=c1[nH]c2c(c(=O)[nH]1)C(c1cccc(Br)c1)c1ccc3ccccc3c1N2. The summed E-state index contributed by atoms with van der Waals surface area (Å²) in [6.45, 7) is 0. The fourth-order valence-corrected chi connectivity index (χ4v) is 4.27. The molecule has 6 heteroatoms. The highest BCUT2D eigenvalue weighted by atomic mass is 79.9. The van der Waals surface area contributed by atoms with Crippen molar-refractivity contribution in [3.05, 3.63) is 103 Å². The van der Waals surface area contributed by atoms with Crippen molar-refractivity contribution in [2.45, 2.75) is 5.92 Å². The van der Waals surface area contributed by atoms with Gasteiger partial charge in [0, 0.05) is 15.8 Å². The van der Waals surface area contributed by atoms with E-state index in [0.717, 1.165) is 32.1 Å². The standard InChI is InChI=1S/C21H14BrN3O2/c22-13-6-3-5-12(10-13)16-15-9-8-11-4-1-2-7-14(11)18(15)23-19-17(16)20(26)25-21(27)24-19/h1-10,16H,(H3,23,24,25,26,27). The molecule has 3 aromatic carbocycles. The lowest BCUT2D eigenvalue weighted by Gasteiger charge is -2.29. The van der Waals surface area contributed by atoms with Gasteiger partial charge in [0.05, 0.1) is 11.3 Å². The van der Waals surface area contributed by atoms with Crippen molar-refractivity contribution < 1.29 is 0 Å². The summed E-state index contributed by atoms with van der Waals surface area (Å²) in [4.78, 5) is 29.7. The molecule has 0 saturated carbocycles. The molecular weight excluding hydrogens is 406 g/mol. The topological polar surface area (TPSA) is 77.8 Å². The van der Waals surface area contributed by atoms with Crippen LogP contribution in [-0.2, 0) is 0 Å². The van der Waals surface area contributed by atoms with E-state index in [1.165, 1.54) is 0 Å². The molecule has 0 radical (unpaired) electrons. The maximum absolute atomic E-state index is 12.7. The van der Waals surface area contributed by atoms with E-state index in [2.05, 4.69) is 37.3 Å². The van der Waals surface area contributed by atoms with E-state index >= 15 is 0 Å². The Kier molecular flexibility index (Phi) is 3.55. The lowest BCUT2D eigenvalue weighted by molar-refractivity contribution is 0.888. The number of halogens is 1. The molecule has 4 aromatic rings.